The van der Waals surface area contributed by atoms with E-state index in [9.17, 15) is 4.79 Å². The molecule has 7 heteroatoms. The number of carbonyl (C=O) groups is 1. The van der Waals surface area contributed by atoms with Gasteiger partial charge in [0.1, 0.15) is 0 Å². The molecule has 0 unspecified atom stereocenters. The van der Waals surface area contributed by atoms with Crippen molar-refractivity contribution in [2.45, 2.75) is 13.0 Å². The Balaban J connectivity index is 1.55. The minimum Gasteiger partial charge on any atom is -0.370 e. The molecule has 1 aromatic heterocycles. The average Bonchev–Trinajstić information content (AvgIpc) is 2.84. The number of nitrogens with two attached hydrogens (primary N) is 1. The molecule has 5 nitrogen and oxygen atoms in total. The van der Waals surface area contributed by atoms with Gasteiger partial charge < -0.3 is 5.73 Å². The quantitative estimate of drug-likeness (QED) is 0.262. The molecule has 0 aliphatic carbocycles. The molecule has 4 rings (SSSR count). The Morgan fingerprint density at radius 1 is 0.853 bits per heavy atom. The predicted molar refractivity (Wildman–Crippen MR) is 139 cm³/mol. The Bertz CT molecular complexity index is 1310. The van der Waals surface area contributed by atoms with Gasteiger partial charge in [0, 0.05) is 27.4 Å². The second-order valence-electron chi connectivity index (χ2n) is 7.67. The molecule has 0 aliphatic rings. The third-order valence-electron chi connectivity index (χ3n) is 5.12. The van der Waals surface area contributed by atoms with E-state index in [0.717, 1.165) is 33.5 Å². The molecule has 1 amide bonds. The van der Waals surface area contributed by atoms with Gasteiger partial charge in [0.2, 0.25) is 5.91 Å². The SMILES string of the molecule is NC(=NCc1cnc(-c2ccc(Cl)cc2)c(-c2ccc(Cl)cc2)c1)NC(=O)Cc1ccccc1. The fourth-order valence-electron chi connectivity index (χ4n) is 3.47. The van der Waals surface area contributed by atoms with Gasteiger partial charge in [0.15, 0.2) is 5.96 Å². The molecule has 1 heterocycles. The van der Waals surface area contributed by atoms with E-state index in [1.54, 1.807) is 6.20 Å². The van der Waals surface area contributed by atoms with Crippen LogP contribution in [0, 0.1) is 0 Å². The molecule has 0 fully saturated rings. The average molecular weight is 489 g/mol. The van der Waals surface area contributed by atoms with Crippen molar-refractivity contribution in [2.75, 3.05) is 0 Å². The topological polar surface area (TPSA) is 80.4 Å². The Labute approximate surface area is 208 Å². The van der Waals surface area contributed by atoms with Crippen LogP contribution < -0.4 is 11.1 Å². The molecule has 4 aromatic rings. The summed E-state index contributed by atoms with van der Waals surface area (Å²) in [5.74, 6) is -0.152. The maximum absolute atomic E-state index is 12.2. The van der Waals surface area contributed by atoms with Gasteiger partial charge in [0.25, 0.3) is 0 Å². The normalized spacial score (nSPS) is 11.3. The van der Waals surface area contributed by atoms with E-state index >= 15 is 0 Å². The van der Waals surface area contributed by atoms with Gasteiger partial charge >= 0.3 is 0 Å². The van der Waals surface area contributed by atoms with Crippen molar-refractivity contribution >= 4 is 35.1 Å². The molecular formula is C27H22Cl2N4O. The summed E-state index contributed by atoms with van der Waals surface area (Å²) in [5.41, 5.74) is 11.4. The Hall–Kier alpha value is -3.67. The van der Waals surface area contributed by atoms with Crippen LogP contribution in [0.1, 0.15) is 11.1 Å². The van der Waals surface area contributed by atoms with E-state index in [1.807, 2.05) is 84.9 Å². The third kappa shape index (κ3) is 6.22. The number of hydrogen-bond acceptors (Lipinski definition) is 3. The van der Waals surface area contributed by atoms with Gasteiger partial charge in [-0.05, 0) is 47.0 Å². The van der Waals surface area contributed by atoms with Crippen molar-refractivity contribution in [2.24, 2.45) is 10.7 Å². The number of pyridine rings is 1. The fraction of sp³-hybridized carbons (Fsp3) is 0.0741. The summed E-state index contributed by atoms with van der Waals surface area (Å²) in [6, 6.07) is 26.6. The summed E-state index contributed by atoms with van der Waals surface area (Å²) < 4.78 is 0. The highest BCUT2D eigenvalue weighted by atomic mass is 35.5. The van der Waals surface area contributed by atoms with Gasteiger partial charge in [-0.2, -0.15) is 0 Å². The molecule has 3 aromatic carbocycles. The first-order chi connectivity index (χ1) is 16.5. The summed E-state index contributed by atoms with van der Waals surface area (Å²) in [6.45, 7) is 0.270. The minimum atomic E-state index is -0.217. The number of carbonyl (C=O) groups excluding carboxylic acids is 1. The van der Waals surface area contributed by atoms with E-state index in [0.29, 0.717) is 10.0 Å². The van der Waals surface area contributed by atoms with Crippen LogP contribution in [0.15, 0.2) is 96.1 Å². The number of halogens is 2. The Morgan fingerprint density at radius 2 is 1.47 bits per heavy atom. The molecule has 34 heavy (non-hydrogen) atoms. The van der Waals surface area contributed by atoms with Crippen LogP contribution in [0.25, 0.3) is 22.4 Å². The number of amides is 1. The monoisotopic (exact) mass is 488 g/mol. The van der Waals surface area contributed by atoms with Gasteiger partial charge in [-0.25, -0.2) is 4.99 Å². The zero-order valence-electron chi connectivity index (χ0n) is 18.2. The number of aliphatic imine (C=N–C) groups is 1. The van der Waals surface area contributed by atoms with Crippen LogP contribution in [-0.2, 0) is 17.8 Å². The zero-order chi connectivity index (χ0) is 23.9. The molecule has 0 atom stereocenters. The van der Waals surface area contributed by atoms with E-state index in [2.05, 4.69) is 10.3 Å². The third-order valence-corrected chi connectivity index (χ3v) is 5.63. The van der Waals surface area contributed by atoms with Crippen molar-refractivity contribution in [1.82, 2.24) is 10.3 Å². The maximum atomic E-state index is 12.2. The first-order valence-corrected chi connectivity index (χ1v) is 11.4. The van der Waals surface area contributed by atoms with Gasteiger partial charge in [-0.15, -0.1) is 0 Å². The van der Waals surface area contributed by atoms with Crippen molar-refractivity contribution in [3.63, 3.8) is 0 Å². The minimum absolute atomic E-state index is 0.0655. The summed E-state index contributed by atoms with van der Waals surface area (Å²) in [5, 5.41) is 3.95. The van der Waals surface area contributed by atoms with Crippen molar-refractivity contribution in [1.29, 1.82) is 0 Å². The van der Waals surface area contributed by atoms with Crippen LogP contribution in [0.3, 0.4) is 0 Å². The van der Waals surface area contributed by atoms with Crippen molar-refractivity contribution < 1.29 is 4.79 Å². The van der Waals surface area contributed by atoms with Crippen LogP contribution in [0.2, 0.25) is 10.0 Å². The van der Waals surface area contributed by atoms with Crippen LogP contribution in [-0.4, -0.2) is 16.9 Å². The first kappa shape index (κ1) is 23.5. The lowest BCUT2D eigenvalue weighted by atomic mass is 9.98. The summed E-state index contributed by atoms with van der Waals surface area (Å²) in [4.78, 5) is 21.2. The molecular weight excluding hydrogens is 467 g/mol. The predicted octanol–water partition coefficient (Wildman–Crippen LogP) is 5.90. The fourth-order valence-corrected chi connectivity index (χ4v) is 3.72. The number of aromatic nitrogens is 1. The number of hydrogen-bond donors (Lipinski definition) is 2. The first-order valence-electron chi connectivity index (χ1n) is 10.6. The molecule has 0 bridgehead atoms. The maximum Gasteiger partial charge on any atom is 0.231 e. The lowest BCUT2D eigenvalue weighted by Gasteiger charge is -2.12. The summed E-state index contributed by atoms with van der Waals surface area (Å²) in [6.07, 6.45) is 1.99. The number of rotatable bonds is 6. The van der Waals surface area contributed by atoms with Crippen molar-refractivity contribution in [3.8, 4) is 22.4 Å². The van der Waals surface area contributed by atoms with E-state index in [4.69, 9.17) is 33.9 Å². The van der Waals surface area contributed by atoms with Crippen molar-refractivity contribution in [3.05, 3.63) is 112 Å². The van der Waals surface area contributed by atoms with Crippen LogP contribution >= 0.6 is 23.2 Å². The number of benzene rings is 3. The smallest absolute Gasteiger partial charge is 0.231 e. The van der Waals surface area contributed by atoms with Gasteiger partial charge in [0.05, 0.1) is 18.7 Å². The molecule has 0 radical (unpaired) electrons. The lowest BCUT2D eigenvalue weighted by Crippen LogP contribution is -2.37. The molecule has 0 aliphatic heterocycles. The number of nitrogens with one attached hydrogen (secondary N) is 1. The van der Waals surface area contributed by atoms with Gasteiger partial charge in [-0.3, -0.25) is 15.1 Å². The van der Waals surface area contributed by atoms with E-state index < -0.39 is 0 Å². The van der Waals surface area contributed by atoms with E-state index in [1.165, 1.54) is 0 Å². The highest BCUT2D eigenvalue weighted by molar-refractivity contribution is 6.31. The Kier molecular flexibility index (Phi) is 7.58. The zero-order valence-corrected chi connectivity index (χ0v) is 19.7. The van der Waals surface area contributed by atoms with Crippen LogP contribution in [0.4, 0.5) is 0 Å². The molecule has 0 saturated heterocycles. The number of guanidine groups is 1. The molecule has 3 N–H and O–H groups in total. The molecule has 0 saturated carbocycles. The van der Waals surface area contributed by atoms with E-state index in [-0.39, 0.29) is 24.8 Å². The second-order valence-corrected chi connectivity index (χ2v) is 8.54. The Morgan fingerprint density at radius 3 is 2.12 bits per heavy atom. The highest BCUT2D eigenvalue weighted by Gasteiger charge is 2.11. The second kappa shape index (κ2) is 11.0. The van der Waals surface area contributed by atoms with Gasteiger partial charge in [-0.1, -0.05) is 77.8 Å². The lowest BCUT2D eigenvalue weighted by molar-refractivity contribution is -0.119. The molecule has 0 spiro atoms. The standard InChI is InChI=1S/C27H22Cl2N4O/c28-22-10-6-20(7-11-22)24-14-19(16-31-26(24)21-8-12-23(29)13-9-21)17-32-27(30)33-25(34)15-18-4-2-1-3-5-18/h1-14,16H,15,17H2,(H3,30,32,33,34). The van der Waals surface area contributed by atoms with Crippen LogP contribution in [0.5, 0.6) is 0 Å². The highest BCUT2D eigenvalue weighted by Crippen LogP contribution is 2.32. The summed E-state index contributed by atoms with van der Waals surface area (Å²) in [7, 11) is 0. The number of nitrogens with zero attached hydrogens (tertiary/aromatic N) is 2. The largest absolute Gasteiger partial charge is 0.370 e. The molecule has 170 valence electrons. The summed E-state index contributed by atoms with van der Waals surface area (Å²) >= 11 is 12.1.